The van der Waals surface area contributed by atoms with Crippen molar-refractivity contribution < 1.29 is 14.3 Å². The third-order valence-electron chi connectivity index (χ3n) is 6.52. The third-order valence-corrected chi connectivity index (χ3v) is 6.52. The molecule has 1 atom stereocenters. The van der Waals surface area contributed by atoms with Gasteiger partial charge in [0.1, 0.15) is 6.04 Å². The Morgan fingerprint density at radius 2 is 1.81 bits per heavy atom. The van der Waals surface area contributed by atoms with Gasteiger partial charge in [0, 0.05) is 35.8 Å². The quantitative estimate of drug-likeness (QED) is 0.422. The van der Waals surface area contributed by atoms with Gasteiger partial charge in [0.2, 0.25) is 5.95 Å². The van der Waals surface area contributed by atoms with Crippen molar-refractivity contribution in [2.75, 3.05) is 23.8 Å². The van der Waals surface area contributed by atoms with Gasteiger partial charge < -0.3 is 20.1 Å². The van der Waals surface area contributed by atoms with Crippen LogP contribution in [0.2, 0.25) is 0 Å². The molecule has 9 nitrogen and oxygen atoms in total. The number of hydrogen-bond acceptors (Lipinski definition) is 7. The number of anilines is 2. The Morgan fingerprint density at radius 3 is 2.62 bits per heavy atom. The van der Waals surface area contributed by atoms with Gasteiger partial charge in [-0.25, -0.2) is 4.68 Å². The summed E-state index contributed by atoms with van der Waals surface area (Å²) < 4.78 is 13.6. The van der Waals surface area contributed by atoms with E-state index in [1.54, 1.807) is 17.1 Å². The number of nitrogens with one attached hydrogen (secondary N) is 2. The first-order valence-electron chi connectivity index (χ1n) is 12.2. The number of nitrogens with zero attached hydrogens (tertiary/aromatic N) is 4. The fourth-order valence-corrected chi connectivity index (χ4v) is 4.63. The number of allylic oxidation sites excluding steroid dienone is 1. The zero-order valence-corrected chi connectivity index (χ0v) is 20.6. The van der Waals surface area contributed by atoms with E-state index in [0.29, 0.717) is 47.8 Å². The summed E-state index contributed by atoms with van der Waals surface area (Å²) >= 11 is 0. The molecule has 2 N–H and O–H groups in total. The Balaban J connectivity index is 1.46. The number of amides is 1. The normalized spacial score (nSPS) is 16.4. The van der Waals surface area contributed by atoms with E-state index in [1.807, 2.05) is 68.4 Å². The van der Waals surface area contributed by atoms with E-state index >= 15 is 0 Å². The topological polar surface area (TPSA) is 103 Å². The number of benzene rings is 2. The van der Waals surface area contributed by atoms with Crippen LogP contribution in [0.3, 0.4) is 0 Å². The molecule has 6 rings (SSSR count). The first-order chi connectivity index (χ1) is 18.1. The summed E-state index contributed by atoms with van der Waals surface area (Å²) in [5, 5.41) is 11.2. The number of para-hydroxylation sites is 1. The molecule has 2 aliphatic rings. The molecule has 1 unspecified atom stereocenters. The number of rotatable bonds is 4. The van der Waals surface area contributed by atoms with Crippen molar-refractivity contribution in [3.8, 4) is 22.9 Å². The molecule has 37 heavy (non-hydrogen) atoms. The summed E-state index contributed by atoms with van der Waals surface area (Å²) in [5.41, 5.74) is 4.64. The maximum atomic E-state index is 13.8. The highest BCUT2D eigenvalue weighted by Crippen LogP contribution is 2.40. The second kappa shape index (κ2) is 9.42. The van der Waals surface area contributed by atoms with Crippen molar-refractivity contribution in [2.45, 2.75) is 26.3 Å². The van der Waals surface area contributed by atoms with Crippen LogP contribution in [0.5, 0.6) is 11.5 Å². The molecule has 4 heterocycles. The van der Waals surface area contributed by atoms with Crippen LogP contribution in [0.4, 0.5) is 11.6 Å². The molecule has 0 saturated heterocycles. The Bertz CT molecular complexity index is 1510. The molecule has 0 saturated carbocycles. The lowest BCUT2D eigenvalue weighted by atomic mass is 9.94. The van der Waals surface area contributed by atoms with Gasteiger partial charge in [0.05, 0.1) is 18.8 Å². The lowest BCUT2D eigenvalue weighted by Crippen LogP contribution is -2.31. The predicted octanol–water partition coefficient (Wildman–Crippen LogP) is 4.74. The molecule has 9 heteroatoms. The number of fused-ring (bicyclic) bond motifs is 2. The van der Waals surface area contributed by atoms with Crippen molar-refractivity contribution in [1.29, 1.82) is 0 Å². The van der Waals surface area contributed by atoms with E-state index in [1.165, 1.54) is 0 Å². The van der Waals surface area contributed by atoms with Crippen LogP contribution >= 0.6 is 0 Å². The highest BCUT2D eigenvalue weighted by Gasteiger charge is 2.35. The summed E-state index contributed by atoms with van der Waals surface area (Å²) in [6.45, 7) is 5.02. The minimum atomic E-state index is -0.541. The molecule has 1 amide bonds. The van der Waals surface area contributed by atoms with Crippen LogP contribution in [-0.2, 0) is 4.79 Å². The average Bonchev–Trinajstić information content (AvgIpc) is 3.19. The van der Waals surface area contributed by atoms with Gasteiger partial charge in [-0.3, -0.25) is 9.78 Å². The van der Waals surface area contributed by atoms with Crippen LogP contribution in [0.1, 0.15) is 30.5 Å². The van der Waals surface area contributed by atoms with Crippen LogP contribution in [0.25, 0.3) is 11.4 Å². The van der Waals surface area contributed by atoms with Gasteiger partial charge in [-0.05, 0) is 55.3 Å². The molecule has 0 spiro atoms. The van der Waals surface area contributed by atoms with E-state index in [4.69, 9.17) is 19.6 Å². The van der Waals surface area contributed by atoms with Crippen molar-refractivity contribution >= 4 is 17.5 Å². The lowest BCUT2D eigenvalue weighted by molar-refractivity contribution is -0.113. The number of hydrogen-bond donors (Lipinski definition) is 2. The van der Waals surface area contributed by atoms with Gasteiger partial charge in [-0.2, -0.15) is 4.98 Å². The minimum absolute atomic E-state index is 0.219. The summed E-state index contributed by atoms with van der Waals surface area (Å²) in [4.78, 5) is 22.6. The molecule has 0 radical (unpaired) electrons. The molecule has 0 aliphatic carbocycles. The highest BCUT2D eigenvalue weighted by molar-refractivity contribution is 6.06. The van der Waals surface area contributed by atoms with E-state index < -0.39 is 6.04 Å². The smallest absolute Gasteiger partial charge is 0.255 e. The van der Waals surface area contributed by atoms with Gasteiger partial charge in [-0.15, -0.1) is 5.10 Å². The fourth-order valence-electron chi connectivity index (χ4n) is 4.63. The summed E-state index contributed by atoms with van der Waals surface area (Å²) in [7, 11) is 0. The summed E-state index contributed by atoms with van der Waals surface area (Å²) in [5.74, 6) is 2.22. The first-order valence-corrected chi connectivity index (χ1v) is 12.2. The zero-order valence-electron chi connectivity index (χ0n) is 20.6. The zero-order chi connectivity index (χ0) is 25.4. The molecule has 186 valence electrons. The SMILES string of the molecule is CC1=C(C(=O)Nc2ccccc2C)C(c2ccc3c(c2)OCCCO3)n2nc(-c3ccncc3)nc2N1. The number of aryl methyl sites for hydroxylation is 1. The highest BCUT2D eigenvalue weighted by atomic mass is 16.5. The van der Waals surface area contributed by atoms with Crippen molar-refractivity contribution in [3.05, 3.63) is 89.4 Å². The van der Waals surface area contributed by atoms with Gasteiger partial charge in [0.15, 0.2) is 17.3 Å². The average molecular weight is 495 g/mol. The molecule has 0 bridgehead atoms. The number of carbonyl (C=O) groups excluding carboxylic acids is 1. The molecule has 2 aromatic carbocycles. The third kappa shape index (κ3) is 4.29. The first kappa shape index (κ1) is 22.8. The fraction of sp³-hybridized carbons (Fsp3) is 0.214. The van der Waals surface area contributed by atoms with Crippen LogP contribution < -0.4 is 20.1 Å². The Hall–Kier alpha value is -4.66. The monoisotopic (exact) mass is 494 g/mol. The van der Waals surface area contributed by atoms with E-state index in [0.717, 1.165) is 28.8 Å². The van der Waals surface area contributed by atoms with Gasteiger partial charge >= 0.3 is 0 Å². The van der Waals surface area contributed by atoms with E-state index in [2.05, 4.69) is 15.6 Å². The van der Waals surface area contributed by atoms with Crippen LogP contribution in [0, 0.1) is 6.92 Å². The second-order valence-corrected chi connectivity index (χ2v) is 9.03. The second-order valence-electron chi connectivity index (χ2n) is 9.03. The van der Waals surface area contributed by atoms with E-state index in [9.17, 15) is 4.79 Å². The predicted molar refractivity (Wildman–Crippen MR) is 140 cm³/mol. The van der Waals surface area contributed by atoms with Crippen molar-refractivity contribution in [1.82, 2.24) is 19.7 Å². The molecular weight excluding hydrogens is 468 g/mol. The Morgan fingerprint density at radius 1 is 1.03 bits per heavy atom. The Kier molecular flexibility index (Phi) is 5.80. The molecule has 2 aliphatic heterocycles. The van der Waals surface area contributed by atoms with Gasteiger partial charge in [-0.1, -0.05) is 24.3 Å². The van der Waals surface area contributed by atoms with Crippen LogP contribution in [0.15, 0.2) is 78.3 Å². The maximum absolute atomic E-state index is 13.8. The van der Waals surface area contributed by atoms with Gasteiger partial charge in [0.25, 0.3) is 5.91 Å². The number of ether oxygens (including phenoxy) is 2. The van der Waals surface area contributed by atoms with E-state index in [-0.39, 0.29) is 5.91 Å². The molecule has 2 aromatic heterocycles. The van der Waals surface area contributed by atoms with Crippen LogP contribution in [-0.4, -0.2) is 38.9 Å². The number of carbonyl (C=O) groups is 1. The maximum Gasteiger partial charge on any atom is 0.255 e. The lowest BCUT2D eigenvalue weighted by Gasteiger charge is -2.29. The summed E-state index contributed by atoms with van der Waals surface area (Å²) in [6.07, 6.45) is 4.21. The Labute approximate surface area is 214 Å². The number of pyridine rings is 1. The largest absolute Gasteiger partial charge is 0.490 e. The standard InChI is InChI=1S/C28H26N6O3/c1-17-6-3-4-7-21(17)31-27(35)24-18(2)30-28-32-26(19-10-12-29-13-11-19)33-34(28)25(24)20-8-9-22-23(16-20)37-15-5-14-36-22/h3-4,6-13,16,25H,5,14-15H2,1-2H3,(H,31,35)(H,30,32,33). The minimum Gasteiger partial charge on any atom is -0.490 e. The van der Waals surface area contributed by atoms with Crippen molar-refractivity contribution in [2.24, 2.45) is 0 Å². The molecular formula is C28H26N6O3. The van der Waals surface area contributed by atoms with Crippen molar-refractivity contribution in [3.63, 3.8) is 0 Å². The molecule has 0 fully saturated rings. The molecule has 4 aromatic rings. The number of aromatic nitrogens is 4. The summed E-state index contributed by atoms with van der Waals surface area (Å²) in [6, 6.07) is 16.7.